The van der Waals surface area contributed by atoms with Crippen molar-refractivity contribution in [3.05, 3.63) is 0 Å². The number of nitrogens with zero attached hydrogens (tertiary/aromatic N) is 1. The molecule has 0 heterocycles. The highest BCUT2D eigenvalue weighted by atomic mass is 32.1. The minimum atomic E-state index is -1.18. The molecule has 0 saturated carbocycles. The molecule has 32 heavy (non-hydrogen) atoms. The molecule has 0 rings (SSSR count). The minimum absolute atomic E-state index is 0.0196. The molecule has 0 radical (unpaired) electrons. The van der Waals surface area contributed by atoms with E-state index in [2.05, 4.69) is 46.2 Å². The molecular formula is C18H35N7O5S2. The van der Waals surface area contributed by atoms with Crippen LogP contribution in [0.1, 0.15) is 33.1 Å². The summed E-state index contributed by atoms with van der Waals surface area (Å²) in [6, 6.07) is -4.17. The standard InChI is InChI=1S/C18H35N7O5S2/c1-9(2)6-12(17(29)30)24-15(27)11(4-3-5-22-18(20)21)23-16(28)13(8-32)25-14(26)10(19)7-31/h9-13,31-32H,3-8,19H2,1-2H3,(H,23,28)(H,24,27)(H,25,26)(H,29,30)(H4,20,21,22). The van der Waals surface area contributed by atoms with Crippen molar-refractivity contribution in [2.45, 2.75) is 57.3 Å². The number of carboxylic acid groups (broad SMARTS) is 1. The summed E-state index contributed by atoms with van der Waals surface area (Å²) in [4.78, 5) is 52.8. The number of hydrogen-bond donors (Lipinski definition) is 9. The van der Waals surface area contributed by atoms with Crippen LogP contribution in [0.3, 0.4) is 0 Å². The van der Waals surface area contributed by atoms with E-state index in [4.69, 9.17) is 17.2 Å². The number of hydrogen-bond acceptors (Lipinski definition) is 8. The maximum absolute atomic E-state index is 12.8. The van der Waals surface area contributed by atoms with Crippen molar-refractivity contribution in [3.63, 3.8) is 0 Å². The van der Waals surface area contributed by atoms with Crippen molar-refractivity contribution in [1.82, 2.24) is 16.0 Å². The first-order chi connectivity index (χ1) is 14.9. The lowest BCUT2D eigenvalue weighted by molar-refractivity contribution is -0.142. The Labute approximate surface area is 198 Å². The summed E-state index contributed by atoms with van der Waals surface area (Å²) >= 11 is 8.01. The van der Waals surface area contributed by atoms with E-state index >= 15 is 0 Å². The zero-order chi connectivity index (χ0) is 24.8. The maximum Gasteiger partial charge on any atom is 0.326 e. The number of carbonyl (C=O) groups is 4. The van der Waals surface area contributed by atoms with Crippen LogP contribution in [0.5, 0.6) is 0 Å². The van der Waals surface area contributed by atoms with Crippen LogP contribution in [-0.2, 0) is 19.2 Å². The molecule has 0 aromatic heterocycles. The first-order valence-corrected chi connectivity index (χ1v) is 11.4. The molecule has 0 aliphatic carbocycles. The van der Waals surface area contributed by atoms with Crippen LogP contribution in [0.25, 0.3) is 0 Å². The molecule has 184 valence electrons. The molecule has 0 aliphatic rings. The Bertz CT molecular complexity index is 674. The summed E-state index contributed by atoms with van der Waals surface area (Å²) in [5.74, 6) is -3.18. The number of carbonyl (C=O) groups excluding carboxylic acids is 3. The summed E-state index contributed by atoms with van der Waals surface area (Å²) < 4.78 is 0. The van der Waals surface area contributed by atoms with E-state index < -0.39 is 47.9 Å². The zero-order valence-corrected chi connectivity index (χ0v) is 20.1. The van der Waals surface area contributed by atoms with Gasteiger partial charge in [0.1, 0.15) is 18.1 Å². The van der Waals surface area contributed by atoms with Crippen molar-refractivity contribution in [3.8, 4) is 0 Å². The molecule has 4 unspecified atom stereocenters. The lowest BCUT2D eigenvalue weighted by atomic mass is 10.0. The monoisotopic (exact) mass is 493 g/mol. The van der Waals surface area contributed by atoms with Crippen molar-refractivity contribution < 1.29 is 24.3 Å². The summed E-state index contributed by atoms with van der Waals surface area (Å²) in [5, 5.41) is 16.8. The summed E-state index contributed by atoms with van der Waals surface area (Å²) in [6.45, 7) is 3.86. The fourth-order valence-electron chi connectivity index (χ4n) is 2.57. The first-order valence-electron chi connectivity index (χ1n) is 10.1. The van der Waals surface area contributed by atoms with Crippen LogP contribution in [0.15, 0.2) is 4.99 Å². The molecule has 0 spiro atoms. The largest absolute Gasteiger partial charge is 0.480 e. The van der Waals surface area contributed by atoms with Crippen LogP contribution in [-0.4, -0.2) is 77.0 Å². The number of nitrogens with two attached hydrogens (primary N) is 3. The second kappa shape index (κ2) is 15.6. The summed E-state index contributed by atoms with van der Waals surface area (Å²) in [6.07, 6.45) is 0.680. The highest BCUT2D eigenvalue weighted by Crippen LogP contribution is 2.07. The van der Waals surface area contributed by atoms with E-state index in [1.165, 1.54) is 0 Å². The highest BCUT2D eigenvalue weighted by molar-refractivity contribution is 7.80. The van der Waals surface area contributed by atoms with Gasteiger partial charge < -0.3 is 38.3 Å². The SMILES string of the molecule is CC(C)CC(NC(=O)C(CCCN=C(N)N)NC(=O)C(CS)NC(=O)C(N)CS)C(=O)O. The smallest absolute Gasteiger partial charge is 0.326 e. The lowest BCUT2D eigenvalue weighted by Gasteiger charge is -2.25. The number of thiol groups is 2. The third-order valence-electron chi connectivity index (χ3n) is 4.25. The molecule has 0 bridgehead atoms. The number of aliphatic carboxylic acids is 1. The predicted molar refractivity (Wildman–Crippen MR) is 128 cm³/mol. The maximum atomic E-state index is 12.8. The van der Waals surface area contributed by atoms with Crippen molar-refractivity contribution in [2.75, 3.05) is 18.1 Å². The number of carboxylic acids is 1. The lowest BCUT2D eigenvalue weighted by Crippen LogP contribution is -2.57. The Morgan fingerprint density at radius 3 is 1.91 bits per heavy atom. The van der Waals surface area contributed by atoms with Gasteiger partial charge in [0.05, 0.1) is 6.04 Å². The summed E-state index contributed by atoms with van der Waals surface area (Å²) in [7, 11) is 0. The third kappa shape index (κ3) is 12.0. The molecule has 14 heteroatoms. The predicted octanol–water partition coefficient (Wildman–Crippen LogP) is -2.19. The Hall–Kier alpha value is -2.19. The van der Waals surface area contributed by atoms with Crippen molar-refractivity contribution in [1.29, 1.82) is 0 Å². The van der Waals surface area contributed by atoms with E-state index in [0.29, 0.717) is 6.42 Å². The van der Waals surface area contributed by atoms with Gasteiger partial charge in [0.2, 0.25) is 17.7 Å². The Balaban J connectivity index is 5.37. The van der Waals surface area contributed by atoms with Crippen molar-refractivity contribution >= 4 is 54.9 Å². The molecule has 0 aromatic carbocycles. The fourth-order valence-corrected chi connectivity index (χ4v) is 2.99. The molecule has 4 atom stereocenters. The number of aliphatic imine (C=N–C) groups is 1. The minimum Gasteiger partial charge on any atom is -0.480 e. The normalized spacial score (nSPS) is 14.6. The number of nitrogens with one attached hydrogen (secondary N) is 3. The van der Waals surface area contributed by atoms with E-state index in [1.807, 2.05) is 13.8 Å². The van der Waals surface area contributed by atoms with Crippen molar-refractivity contribution in [2.24, 2.45) is 28.1 Å². The van der Waals surface area contributed by atoms with Gasteiger partial charge in [-0.15, -0.1) is 0 Å². The molecule has 12 nitrogen and oxygen atoms in total. The average molecular weight is 494 g/mol. The molecule has 0 aliphatic heterocycles. The molecule has 0 fully saturated rings. The van der Waals surface area contributed by atoms with E-state index in [9.17, 15) is 24.3 Å². The molecule has 0 aromatic rings. The molecule has 3 amide bonds. The van der Waals surface area contributed by atoms with E-state index in [-0.39, 0.29) is 42.8 Å². The van der Waals surface area contributed by atoms with E-state index in [1.54, 1.807) is 0 Å². The van der Waals surface area contributed by atoms with Gasteiger partial charge in [-0.2, -0.15) is 25.3 Å². The van der Waals surface area contributed by atoms with Gasteiger partial charge in [0, 0.05) is 18.1 Å². The zero-order valence-electron chi connectivity index (χ0n) is 18.3. The quantitative estimate of drug-likeness (QED) is 0.0527. The Morgan fingerprint density at radius 2 is 1.44 bits per heavy atom. The second-order valence-corrected chi connectivity index (χ2v) is 8.30. The van der Waals surface area contributed by atoms with E-state index in [0.717, 1.165) is 0 Å². The Kier molecular flexibility index (Phi) is 14.5. The molecular weight excluding hydrogens is 458 g/mol. The van der Waals surface area contributed by atoms with Crippen LogP contribution < -0.4 is 33.2 Å². The first kappa shape index (κ1) is 29.8. The topological polar surface area (TPSA) is 215 Å². The van der Waals surface area contributed by atoms with Crippen LogP contribution in [0.4, 0.5) is 0 Å². The fraction of sp³-hybridized carbons (Fsp3) is 0.722. The van der Waals surface area contributed by atoms with Gasteiger partial charge in [-0.05, 0) is 25.2 Å². The van der Waals surface area contributed by atoms with Crippen LogP contribution in [0.2, 0.25) is 0 Å². The summed E-state index contributed by atoms with van der Waals surface area (Å²) in [5.41, 5.74) is 16.2. The number of rotatable bonds is 15. The van der Waals surface area contributed by atoms with Gasteiger partial charge in [0.25, 0.3) is 0 Å². The van der Waals surface area contributed by atoms with Crippen LogP contribution in [0, 0.1) is 5.92 Å². The second-order valence-electron chi connectivity index (χ2n) is 7.57. The third-order valence-corrected chi connectivity index (χ3v) is 5.01. The van der Waals surface area contributed by atoms with Gasteiger partial charge >= 0.3 is 5.97 Å². The average Bonchev–Trinajstić information content (AvgIpc) is 2.71. The Morgan fingerprint density at radius 1 is 0.906 bits per heavy atom. The number of guanidine groups is 1. The molecule has 10 N–H and O–H groups in total. The van der Waals surface area contributed by atoms with Gasteiger partial charge in [-0.1, -0.05) is 13.8 Å². The van der Waals surface area contributed by atoms with Crippen LogP contribution >= 0.6 is 25.3 Å². The highest BCUT2D eigenvalue weighted by Gasteiger charge is 2.29. The van der Waals surface area contributed by atoms with Gasteiger partial charge in [0.15, 0.2) is 5.96 Å². The number of amides is 3. The molecule has 0 saturated heterocycles. The van der Waals surface area contributed by atoms with Gasteiger partial charge in [-0.3, -0.25) is 19.4 Å². The van der Waals surface area contributed by atoms with Gasteiger partial charge in [-0.25, -0.2) is 4.79 Å².